The van der Waals surface area contributed by atoms with E-state index in [1.807, 2.05) is 25.1 Å². The van der Waals surface area contributed by atoms with Crippen molar-refractivity contribution in [3.8, 4) is 0 Å². The number of nitrogens with zero attached hydrogens (tertiary/aromatic N) is 2. The van der Waals surface area contributed by atoms with Crippen LogP contribution in [0.15, 0.2) is 30.3 Å². The first-order valence-corrected chi connectivity index (χ1v) is 6.99. The Morgan fingerprint density at radius 3 is 2.70 bits per heavy atom. The van der Waals surface area contributed by atoms with E-state index in [1.54, 1.807) is 0 Å². The first-order chi connectivity index (χ1) is 9.65. The zero-order valence-electron chi connectivity index (χ0n) is 11.5. The number of hydrogen-bond donors (Lipinski definition) is 1. The summed E-state index contributed by atoms with van der Waals surface area (Å²) in [7, 11) is 0. The van der Waals surface area contributed by atoms with Crippen molar-refractivity contribution in [2.24, 2.45) is 0 Å². The van der Waals surface area contributed by atoms with Gasteiger partial charge in [0.05, 0.1) is 5.52 Å². The lowest BCUT2D eigenvalue weighted by Crippen LogP contribution is -2.36. The van der Waals surface area contributed by atoms with Gasteiger partial charge in [0.2, 0.25) is 0 Å². The largest absolute Gasteiger partial charge is 0.465 e. The number of aromatic nitrogens is 1. The van der Waals surface area contributed by atoms with Crippen LogP contribution in [0.1, 0.15) is 30.0 Å². The molecule has 1 aromatic carbocycles. The van der Waals surface area contributed by atoms with Crippen LogP contribution in [-0.4, -0.2) is 34.2 Å². The summed E-state index contributed by atoms with van der Waals surface area (Å²) >= 11 is 0. The molecule has 104 valence electrons. The van der Waals surface area contributed by atoms with Gasteiger partial charge in [0, 0.05) is 24.2 Å². The highest BCUT2D eigenvalue weighted by atomic mass is 16.4. The third-order valence-electron chi connectivity index (χ3n) is 4.11. The molecular formula is C16H18N2O2. The van der Waals surface area contributed by atoms with Crippen LogP contribution in [0.5, 0.6) is 0 Å². The van der Waals surface area contributed by atoms with Gasteiger partial charge in [0.15, 0.2) is 0 Å². The summed E-state index contributed by atoms with van der Waals surface area (Å²) in [6.45, 7) is 3.24. The molecule has 1 aliphatic rings. The Morgan fingerprint density at radius 2 is 2.00 bits per heavy atom. The first kappa shape index (κ1) is 12.9. The molecule has 1 aliphatic heterocycles. The summed E-state index contributed by atoms with van der Waals surface area (Å²) < 4.78 is 0. The van der Waals surface area contributed by atoms with Gasteiger partial charge in [-0.25, -0.2) is 4.79 Å². The molecule has 4 heteroatoms. The van der Waals surface area contributed by atoms with Gasteiger partial charge >= 0.3 is 6.09 Å². The lowest BCUT2D eigenvalue weighted by Gasteiger charge is -2.30. The van der Waals surface area contributed by atoms with Crippen molar-refractivity contribution in [3.05, 3.63) is 41.6 Å². The molecule has 1 amide bonds. The van der Waals surface area contributed by atoms with Crippen LogP contribution in [0.4, 0.5) is 4.79 Å². The van der Waals surface area contributed by atoms with Gasteiger partial charge in [0.1, 0.15) is 0 Å². The van der Waals surface area contributed by atoms with Crippen LogP contribution in [-0.2, 0) is 0 Å². The number of pyridine rings is 1. The fourth-order valence-electron chi connectivity index (χ4n) is 3.02. The lowest BCUT2D eigenvalue weighted by atomic mass is 9.87. The molecule has 0 atom stereocenters. The summed E-state index contributed by atoms with van der Waals surface area (Å²) in [5, 5.41) is 10.2. The third-order valence-corrected chi connectivity index (χ3v) is 4.11. The van der Waals surface area contributed by atoms with Crippen molar-refractivity contribution < 1.29 is 9.90 Å². The molecule has 0 bridgehead atoms. The van der Waals surface area contributed by atoms with E-state index in [0.29, 0.717) is 19.0 Å². The Hall–Kier alpha value is -2.10. The summed E-state index contributed by atoms with van der Waals surface area (Å²) in [6.07, 6.45) is 0.970. The average Bonchev–Trinajstić information content (AvgIpc) is 2.46. The van der Waals surface area contributed by atoms with Gasteiger partial charge in [-0.1, -0.05) is 18.2 Å². The van der Waals surface area contributed by atoms with E-state index in [4.69, 9.17) is 5.11 Å². The topological polar surface area (TPSA) is 53.4 Å². The number of fused-ring (bicyclic) bond motifs is 1. The molecular weight excluding hydrogens is 252 g/mol. The second-order valence-corrected chi connectivity index (χ2v) is 5.41. The van der Waals surface area contributed by atoms with Gasteiger partial charge < -0.3 is 10.0 Å². The van der Waals surface area contributed by atoms with Crippen molar-refractivity contribution in [1.82, 2.24) is 9.88 Å². The number of piperidine rings is 1. The standard InChI is InChI=1S/C16H18N2O2/c1-11-5-6-14-13(3-2-4-15(14)17-11)12-7-9-18(10-8-12)16(19)20/h2-6,12H,7-10H2,1H3,(H,19,20). The number of benzene rings is 1. The Bertz CT molecular complexity index is 646. The SMILES string of the molecule is Cc1ccc2c(C3CCN(C(=O)O)CC3)cccc2n1. The van der Waals surface area contributed by atoms with Crippen LogP contribution in [0, 0.1) is 6.92 Å². The van der Waals surface area contributed by atoms with Crippen LogP contribution >= 0.6 is 0 Å². The van der Waals surface area contributed by atoms with Crippen LogP contribution in [0.2, 0.25) is 0 Å². The zero-order chi connectivity index (χ0) is 14.1. The number of carbonyl (C=O) groups is 1. The average molecular weight is 270 g/mol. The molecule has 0 saturated carbocycles. The number of aryl methyl sites for hydroxylation is 1. The maximum absolute atomic E-state index is 11.0. The van der Waals surface area contributed by atoms with E-state index in [9.17, 15) is 4.79 Å². The van der Waals surface area contributed by atoms with Gasteiger partial charge in [-0.3, -0.25) is 4.98 Å². The van der Waals surface area contributed by atoms with E-state index < -0.39 is 6.09 Å². The number of rotatable bonds is 1. The van der Waals surface area contributed by atoms with Crippen molar-refractivity contribution in [3.63, 3.8) is 0 Å². The van der Waals surface area contributed by atoms with E-state index in [2.05, 4.69) is 17.1 Å². The molecule has 0 radical (unpaired) electrons. The Balaban J connectivity index is 1.90. The summed E-state index contributed by atoms with van der Waals surface area (Å²) in [4.78, 5) is 17.0. The number of carboxylic acid groups (broad SMARTS) is 1. The second-order valence-electron chi connectivity index (χ2n) is 5.41. The molecule has 1 saturated heterocycles. The van der Waals surface area contributed by atoms with Gasteiger partial charge in [-0.2, -0.15) is 0 Å². The van der Waals surface area contributed by atoms with Crippen LogP contribution < -0.4 is 0 Å². The molecule has 0 unspecified atom stereocenters. The molecule has 4 nitrogen and oxygen atoms in total. The van der Waals surface area contributed by atoms with E-state index in [-0.39, 0.29) is 0 Å². The summed E-state index contributed by atoms with van der Waals surface area (Å²) in [5.41, 5.74) is 3.36. The maximum Gasteiger partial charge on any atom is 0.407 e. The normalized spacial score (nSPS) is 16.6. The Morgan fingerprint density at radius 1 is 1.25 bits per heavy atom. The Kier molecular flexibility index (Phi) is 3.30. The Labute approximate surface area is 118 Å². The highest BCUT2D eigenvalue weighted by molar-refractivity contribution is 5.83. The summed E-state index contributed by atoms with van der Waals surface area (Å²) in [5.74, 6) is 0.429. The quantitative estimate of drug-likeness (QED) is 0.864. The van der Waals surface area contributed by atoms with Crippen molar-refractivity contribution in [2.45, 2.75) is 25.7 Å². The van der Waals surface area contributed by atoms with Gasteiger partial charge in [0.25, 0.3) is 0 Å². The number of hydrogen-bond acceptors (Lipinski definition) is 2. The van der Waals surface area contributed by atoms with Crippen molar-refractivity contribution in [1.29, 1.82) is 0 Å². The molecule has 2 heterocycles. The molecule has 1 N–H and O–H groups in total. The smallest absolute Gasteiger partial charge is 0.407 e. The molecule has 1 fully saturated rings. The fourth-order valence-corrected chi connectivity index (χ4v) is 3.02. The minimum absolute atomic E-state index is 0.429. The van der Waals surface area contributed by atoms with E-state index in [0.717, 1.165) is 24.1 Å². The molecule has 1 aromatic heterocycles. The fraction of sp³-hybridized carbons (Fsp3) is 0.375. The van der Waals surface area contributed by atoms with Crippen molar-refractivity contribution >= 4 is 17.0 Å². The monoisotopic (exact) mass is 270 g/mol. The molecule has 20 heavy (non-hydrogen) atoms. The van der Waals surface area contributed by atoms with Gasteiger partial charge in [-0.15, -0.1) is 0 Å². The predicted molar refractivity (Wildman–Crippen MR) is 78.1 cm³/mol. The van der Waals surface area contributed by atoms with E-state index in [1.165, 1.54) is 15.8 Å². The predicted octanol–water partition coefficient (Wildman–Crippen LogP) is 3.40. The van der Waals surface area contributed by atoms with E-state index >= 15 is 0 Å². The minimum Gasteiger partial charge on any atom is -0.465 e. The maximum atomic E-state index is 11.0. The molecule has 2 aromatic rings. The first-order valence-electron chi connectivity index (χ1n) is 6.99. The highest BCUT2D eigenvalue weighted by Gasteiger charge is 2.24. The number of amides is 1. The molecule has 3 rings (SSSR count). The number of likely N-dealkylation sites (tertiary alicyclic amines) is 1. The highest BCUT2D eigenvalue weighted by Crippen LogP contribution is 2.32. The molecule has 0 spiro atoms. The zero-order valence-corrected chi connectivity index (χ0v) is 11.5. The second kappa shape index (κ2) is 5.12. The molecule has 0 aliphatic carbocycles. The van der Waals surface area contributed by atoms with Gasteiger partial charge in [-0.05, 0) is 43.4 Å². The minimum atomic E-state index is -0.807. The third kappa shape index (κ3) is 2.33. The summed E-state index contributed by atoms with van der Waals surface area (Å²) in [6, 6.07) is 10.4. The van der Waals surface area contributed by atoms with Crippen LogP contribution in [0.3, 0.4) is 0 Å². The lowest BCUT2D eigenvalue weighted by molar-refractivity contribution is 0.132. The van der Waals surface area contributed by atoms with Crippen molar-refractivity contribution in [2.75, 3.05) is 13.1 Å². The van der Waals surface area contributed by atoms with Crippen LogP contribution in [0.25, 0.3) is 10.9 Å².